The highest BCUT2D eigenvalue weighted by Crippen LogP contribution is 2.26. The smallest absolute Gasteiger partial charge is 0.0608 e. The van der Waals surface area contributed by atoms with Crippen LogP contribution in [0.25, 0.3) is 0 Å². The second-order valence-corrected chi connectivity index (χ2v) is 6.42. The van der Waals surface area contributed by atoms with Crippen LogP contribution in [-0.2, 0) is 6.42 Å². The summed E-state index contributed by atoms with van der Waals surface area (Å²) in [7, 11) is 0. The van der Waals surface area contributed by atoms with Crippen LogP contribution in [0.15, 0.2) is 28.7 Å². The van der Waals surface area contributed by atoms with E-state index in [9.17, 15) is 5.11 Å². The minimum absolute atomic E-state index is 0.169. The van der Waals surface area contributed by atoms with Gasteiger partial charge in [-0.2, -0.15) is 0 Å². The normalized spacial score (nSPS) is 20.1. The first-order valence-corrected chi connectivity index (χ1v) is 7.97. The minimum Gasteiger partial charge on any atom is -0.392 e. The Morgan fingerprint density at radius 3 is 2.44 bits per heavy atom. The van der Waals surface area contributed by atoms with Crippen LogP contribution < -0.4 is 0 Å². The van der Waals surface area contributed by atoms with Crippen molar-refractivity contribution in [3.8, 4) is 0 Å². The molecule has 0 radical (unpaired) electrons. The van der Waals surface area contributed by atoms with Crippen molar-refractivity contribution in [1.82, 2.24) is 0 Å². The van der Waals surface area contributed by atoms with Gasteiger partial charge < -0.3 is 5.11 Å². The van der Waals surface area contributed by atoms with Gasteiger partial charge in [-0.1, -0.05) is 60.2 Å². The maximum Gasteiger partial charge on any atom is 0.0608 e. The largest absolute Gasteiger partial charge is 0.392 e. The highest BCUT2D eigenvalue weighted by Gasteiger charge is 2.20. The van der Waals surface area contributed by atoms with Crippen molar-refractivity contribution in [3.05, 3.63) is 34.3 Å². The van der Waals surface area contributed by atoms with Crippen molar-refractivity contribution >= 4 is 15.9 Å². The van der Waals surface area contributed by atoms with Crippen LogP contribution in [0.5, 0.6) is 0 Å². The van der Waals surface area contributed by atoms with E-state index in [-0.39, 0.29) is 6.10 Å². The SMILES string of the molecule is OC(Cc1cccc(Br)c1)C1CCCCCCC1. The first-order valence-electron chi connectivity index (χ1n) is 7.18. The highest BCUT2D eigenvalue weighted by atomic mass is 79.9. The van der Waals surface area contributed by atoms with Gasteiger partial charge in [0.1, 0.15) is 0 Å². The summed E-state index contributed by atoms with van der Waals surface area (Å²) in [5.74, 6) is 0.504. The van der Waals surface area contributed by atoms with Crippen molar-refractivity contribution in [2.75, 3.05) is 0 Å². The van der Waals surface area contributed by atoms with Crippen LogP contribution >= 0.6 is 15.9 Å². The number of halogens is 1. The summed E-state index contributed by atoms with van der Waals surface area (Å²) >= 11 is 3.49. The molecule has 0 spiro atoms. The Morgan fingerprint density at radius 2 is 1.78 bits per heavy atom. The van der Waals surface area contributed by atoms with Crippen LogP contribution in [-0.4, -0.2) is 11.2 Å². The number of hydrogen-bond donors (Lipinski definition) is 1. The van der Waals surface area contributed by atoms with Gasteiger partial charge in [-0.05, 0) is 42.9 Å². The lowest BCUT2D eigenvalue weighted by atomic mass is 9.85. The first-order chi connectivity index (χ1) is 8.75. The van der Waals surface area contributed by atoms with Crippen molar-refractivity contribution < 1.29 is 5.11 Å². The van der Waals surface area contributed by atoms with E-state index in [0.29, 0.717) is 5.92 Å². The zero-order chi connectivity index (χ0) is 12.8. The Kier molecular flexibility index (Phi) is 5.71. The van der Waals surface area contributed by atoms with E-state index in [1.54, 1.807) is 0 Å². The van der Waals surface area contributed by atoms with Crippen LogP contribution in [0.2, 0.25) is 0 Å². The molecule has 0 saturated heterocycles. The standard InChI is InChI=1S/C16H23BrO/c17-15-10-6-7-13(11-15)12-16(18)14-8-4-2-1-3-5-9-14/h6-7,10-11,14,16,18H,1-5,8-9,12H2. The molecule has 2 rings (SSSR count). The summed E-state index contributed by atoms with van der Waals surface area (Å²) in [6, 6.07) is 8.30. The average Bonchev–Trinajstić information content (AvgIpc) is 2.28. The molecule has 0 amide bonds. The molecule has 1 saturated carbocycles. The summed E-state index contributed by atoms with van der Waals surface area (Å²) in [5, 5.41) is 10.4. The minimum atomic E-state index is -0.169. The zero-order valence-corrected chi connectivity index (χ0v) is 12.5. The Balaban J connectivity index is 1.91. The summed E-state index contributed by atoms with van der Waals surface area (Å²) in [6.07, 6.45) is 9.70. The van der Waals surface area contributed by atoms with Gasteiger partial charge in [-0.3, -0.25) is 0 Å². The van der Waals surface area contributed by atoms with E-state index in [1.807, 2.05) is 12.1 Å². The van der Waals surface area contributed by atoms with Gasteiger partial charge in [0.25, 0.3) is 0 Å². The van der Waals surface area contributed by atoms with E-state index in [2.05, 4.69) is 28.1 Å². The Labute approximate surface area is 119 Å². The van der Waals surface area contributed by atoms with Gasteiger partial charge in [0.05, 0.1) is 6.10 Å². The van der Waals surface area contributed by atoms with Crippen LogP contribution in [0, 0.1) is 5.92 Å². The van der Waals surface area contributed by atoms with Crippen molar-refractivity contribution in [1.29, 1.82) is 0 Å². The fraction of sp³-hybridized carbons (Fsp3) is 0.625. The summed E-state index contributed by atoms with van der Waals surface area (Å²) in [6.45, 7) is 0. The fourth-order valence-corrected chi connectivity index (χ4v) is 3.39. The van der Waals surface area contributed by atoms with Gasteiger partial charge >= 0.3 is 0 Å². The predicted molar refractivity (Wildman–Crippen MR) is 79.7 cm³/mol. The molecule has 1 nitrogen and oxygen atoms in total. The average molecular weight is 311 g/mol. The summed E-state index contributed by atoms with van der Waals surface area (Å²) < 4.78 is 1.10. The third kappa shape index (κ3) is 4.40. The van der Waals surface area contributed by atoms with Crippen LogP contribution in [0.1, 0.15) is 50.5 Å². The van der Waals surface area contributed by atoms with Gasteiger partial charge in [0.15, 0.2) is 0 Å². The lowest BCUT2D eigenvalue weighted by Crippen LogP contribution is -2.23. The molecule has 18 heavy (non-hydrogen) atoms. The number of aliphatic hydroxyl groups excluding tert-OH is 1. The molecule has 1 aromatic carbocycles. The van der Waals surface area contributed by atoms with E-state index in [4.69, 9.17) is 0 Å². The zero-order valence-electron chi connectivity index (χ0n) is 10.9. The molecule has 1 N–H and O–H groups in total. The van der Waals surface area contributed by atoms with Crippen molar-refractivity contribution in [2.24, 2.45) is 5.92 Å². The lowest BCUT2D eigenvalue weighted by molar-refractivity contribution is 0.0913. The maximum absolute atomic E-state index is 10.4. The molecular weight excluding hydrogens is 288 g/mol. The van der Waals surface area contributed by atoms with Gasteiger partial charge in [0, 0.05) is 4.47 Å². The Morgan fingerprint density at radius 1 is 1.11 bits per heavy atom. The summed E-state index contributed by atoms with van der Waals surface area (Å²) in [5.41, 5.74) is 1.24. The van der Waals surface area contributed by atoms with E-state index < -0.39 is 0 Å². The van der Waals surface area contributed by atoms with Gasteiger partial charge in [0.2, 0.25) is 0 Å². The second kappa shape index (κ2) is 7.30. The van der Waals surface area contributed by atoms with Gasteiger partial charge in [-0.15, -0.1) is 0 Å². The molecule has 0 aromatic heterocycles. The Hall–Kier alpha value is -0.340. The number of aliphatic hydroxyl groups is 1. The van der Waals surface area contributed by atoms with Crippen LogP contribution in [0.3, 0.4) is 0 Å². The second-order valence-electron chi connectivity index (χ2n) is 5.51. The molecule has 2 heteroatoms. The maximum atomic E-state index is 10.4. The quantitative estimate of drug-likeness (QED) is 0.857. The topological polar surface area (TPSA) is 20.2 Å². The summed E-state index contributed by atoms with van der Waals surface area (Å²) in [4.78, 5) is 0. The molecule has 1 fully saturated rings. The Bertz CT molecular complexity index is 356. The van der Waals surface area contributed by atoms with E-state index in [0.717, 1.165) is 10.9 Å². The van der Waals surface area contributed by atoms with E-state index >= 15 is 0 Å². The van der Waals surface area contributed by atoms with Crippen molar-refractivity contribution in [3.63, 3.8) is 0 Å². The lowest BCUT2D eigenvalue weighted by Gasteiger charge is -2.25. The van der Waals surface area contributed by atoms with E-state index in [1.165, 1.54) is 50.5 Å². The number of benzene rings is 1. The van der Waals surface area contributed by atoms with Crippen LogP contribution in [0.4, 0.5) is 0 Å². The molecule has 100 valence electrons. The molecular formula is C16H23BrO. The number of rotatable bonds is 3. The molecule has 1 aliphatic carbocycles. The molecule has 0 bridgehead atoms. The first kappa shape index (κ1) is 14.1. The highest BCUT2D eigenvalue weighted by molar-refractivity contribution is 9.10. The third-order valence-electron chi connectivity index (χ3n) is 4.03. The van der Waals surface area contributed by atoms with Gasteiger partial charge in [-0.25, -0.2) is 0 Å². The molecule has 1 atom stereocenters. The molecule has 1 unspecified atom stereocenters. The predicted octanol–water partition coefficient (Wildman–Crippen LogP) is 4.71. The number of hydrogen-bond acceptors (Lipinski definition) is 1. The fourth-order valence-electron chi connectivity index (χ4n) is 2.94. The van der Waals surface area contributed by atoms with Crippen molar-refractivity contribution in [2.45, 2.75) is 57.5 Å². The molecule has 1 aliphatic rings. The third-order valence-corrected chi connectivity index (χ3v) is 4.52. The monoisotopic (exact) mass is 310 g/mol. The molecule has 0 heterocycles. The molecule has 0 aliphatic heterocycles. The molecule has 1 aromatic rings.